The van der Waals surface area contributed by atoms with Crippen molar-refractivity contribution in [3.8, 4) is 0 Å². The number of amides is 7. The molecule has 0 spiro atoms. The molecule has 0 bridgehead atoms. The van der Waals surface area contributed by atoms with Crippen molar-refractivity contribution in [3.63, 3.8) is 0 Å². The Morgan fingerprint density at radius 2 is 1.01 bits per heavy atom. The first kappa shape index (κ1) is 73.2. The summed E-state index contributed by atoms with van der Waals surface area (Å²) in [5.74, 6) is 0.0249. The Morgan fingerprint density at radius 1 is 0.538 bits per heavy atom. The van der Waals surface area contributed by atoms with Crippen LogP contribution in [0, 0.1) is 13.8 Å². The summed E-state index contributed by atoms with van der Waals surface area (Å²) in [6.45, 7) is 19.1. The van der Waals surface area contributed by atoms with E-state index in [4.69, 9.17) is 4.74 Å². The number of ether oxygens (including phenoxy) is 1. The number of hydrogen-bond donors (Lipinski definition) is 6. The van der Waals surface area contributed by atoms with Crippen LogP contribution in [0.1, 0.15) is 123 Å². The van der Waals surface area contributed by atoms with Gasteiger partial charge in [0.05, 0.1) is 17.2 Å². The second-order valence-corrected chi connectivity index (χ2v) is 30.0. The number of unbranched alkanes of at least 4 members (excludes halogenated alkanes) is 2. The molecule has 6 aliphatic heterocycles. The quantitative estimate of drug-likeness (QED) is 0.0442. The summed E-state index contributed by atoms with van der Waals surface area (Å²) in [7, 11) is 4.35. The van der Waals surface area contributed by atoms with Crippen LogP contribution in [0.4, 0.5) is 14.4 Å². The van der Waals surface area contributed by atoms with E-state index in [0.717, 1.165) is 161 Å². The minimum absolute atomic E-state index is 0.0181. The number of likely N-dealkylation sites (tertiary alicyclic amines) is 4. The van der Waals surface area contributed by atoms with Gasteiger partial charge >= 0.3 is 18.2 Å². The van der Waals surface area contributed by atoms with Crippen LogP contribution in [-0.4, -0.2) is 249 Å². The second kappa shape index (κ2) is 33.7. The highest BCUT2D eigenvalue weighted by atomic mass is 16.6. The van der Waals surface area contributed by atoms with E-state index in [9.17, 15) is 33.6 Å². The molecule has 104 heavy (non-hydrogen) atoms. The summed E-state index contributed by atoms with van der Waals surface area (Å²) in [6, 6.07) is 26.9. The van der Waals surface area contributed by atoms with Crippen LogP contribution in [0.15, 0.2) is 107 Å². The fraction of sp³-hybridized carbons (Fsp3) is 0.532. The molecule has 6 N–H and O–H groups in total. The number of nitrogens with zero attached hydrogens (tertiary/aromatic N) is 11. The topological polar surface area (TPSA) is 269 Å². The molecule has 10 heterocycles. The van der Waals surface area contributed by atoms with E-state index < -0.39 is 18.2 Å². The van der Waals surface area contributed by atoms with Gasteiger partial charge in [0.1, 0.15) is 12.1 Å². The van der Waals surface area contributed by atoms with E-state index in [2.05, 4.69) is 94.0 Å². The molecule has 25 heteroatoms. The number of H-pyrrole nitrogens is 3. The zero-order valence-corrected chi connectivity index (χ0v) is 61.3. The van der Waals surface area contributed by atoms with Crippen LogP contribution in [0.3, 0.4) is 0 Å². The fourth-order valence-electron chi connectivity index (χ4n) is 16.6. The summed E-state index contributed by atoms with van der Waals surface area (Å²) in [5, 5.41) is 24.9. The molecular weight excluding hydrogens is 1310 g/mol. The maximum atomic E-state index is 14.4. The summed E-state index contributed by atoms with van der Waals surface area (Å²) >= 11 is 0. The number of aryl methyl sites for hydroxylation is 2. The number of fused-ring (bicyclic) bond motifs is 4. The van der Waals surface area contributed by atoms with E-state index in [-0.39, 0.29) is 53.6 Å². The number of aromatic nitrogens is 6. The van der Waals surface area contributed by atoms with Crippen molar-refractivity contribution in [1.29, 1.82) is 0 Å². The Bertz CT molecular complexity index is 4420. The molecular formula is C79H105N17O8. The van der Waals surface area contributed by atoms with E-state index in [1.807, 2.05) is 103 Å². The predicted octanol–water partition coefficient (Wildman–Crippen LogP) is 8.25. The van der Waals surface area contributed by atoms with Crippen molar-refractivity contribution in [2.24, 2.45) is 0 Å². The van der Waals surface area contributed by atoms with Gasteiger partial charge in [0, 0.05) is 149 Å². The summed E-state index contributed by atoms with van der Waals surface area (Å²) in [5.41, 5.74) is 8.72. The predicted molar refractivity (Wildman–Crippen MR) is 405 cm³/mol. The number of hydrogen-bond acceptors (Lipinski definition) is 14. The van der Waals surface area contributed by atoms with E-state index in [1.54, 1.807) is 20.7 Å². The Kier molecular flexibility index (Phi) is 23.7. The van der Waals surface area contributed by atoms with Crippen molar-refractivity contribution in [1.82, 2.24) is 85.1 Å². The van der Waals surface area contributed by atoms with Crippen LogP contribution in [0.2, 0.25) is 0 Å². The van der Waals surface area contributed by atoms with Crippen LogP contribution in [0.25, 0.3) is 43.6 Å². The third-order valence-corrected chi connectivity index (χ3v) is 22.8. The van der Waals surface area contributed by atoms with Gasteiger partial charge in [-0.05, 0) is 193 Å². The number of piperidine rings is 4. The molecule has 0 unspecified atom stereocenters. The van der Waals surface area contributed by atoms with Crippen LogP contribution < -0.4 is 27.1 Å². The Labute approximate surface area is 608 Å². The van der Waals surface area contributed by atoms with Gasteiger partial charge in [0.2, 0.25) is 11.8 Å². The number of nitrogens with one attached hydrogen (secondary N) is 6. The number of benzene rings is 4. The first-order valence-corrected chi connectivity index (χ1v) is 38.0. The van der Waals surface area contributed by atoms with Gasteiger partial charge in [-0.3, -0.25) is 34.1 Å². The molecule has 8 aromatic rings. The van der Waals surface area contributed by atoms with Crippen molar-refractivity contribution in [2.45, 2.75) is 147 Å². The number of carbonyl (C=O) groups excluding carboxylic acids is 5. The lowest BCUT2D eigenvalue weighted by Gasteiger charge is -2.43. The van der Waals surface area contributed by atoms with E-state index in [0.29, 0.717) is 110 Å². The van der Waals surface area contributed by atoms with Crippen molar-refractivity contribution in [2.75, 3.05) is 125 Å². The molecule has 6 saturated heterocycles. The van der Waals surface area contributed by atoms with Gasteiger partial charge in [0.25, 0.3) is 11.1 Å². The molecule has 14 rings (SSSR count). The standard InChI is InChI=1S/C43H59N9O5.C36H46N8O3/c1-4-5-8-15-44-43(56)57-29-52-28-34-25-31(24-30(2)39(34)47-52)26-38(41(54)50-22-20-49(21-23-50)35-13-16-48(3)17-14-35)46-42(55)51-18-11-32(12-19-51)36-27-33-9-6-7-10-37(33)45-40(36)53;1-24-19-25(20-28-23-37-40-33(24)28)21-32(35(46)43-17-15-42(16-18-43)29-9-11-41(2)12-10-29)39-36(47)44-13-7-26(8-14-44)30-22-27-5-3-4-6-31(27)38-34(30)45/h6-7,9-10,24-25,27-28,32,35,38H,4-5,8,11-23,26,29H2,1-3H3,(H,44,56)(H,45,53)(H,46,55);3-6,19-20,22-23,26,29,32H,7-18,21H2,1-2H3,(H,37,40)(H,38,45)(H,39,47)/t38-;32-/m11/s1. The number of aromatic amines is 3. The van der Waals surface area contributed by atoms with Gasteiger partial charge in [-0.15, -0.1) is 0 Å². The summed E-state index contributed by atoms with van der Waals surface area (Å²) in [4.78, 5) is 118. The van der Waals surface area contributed by atoms with Gasteiger partial charge < -0.3 is 60.1 Å². The number of carbonyl (C=O) groups is 5. The summed E-state index contributed by atoms with van der Waals surface area (Å²) in [6.07, 6.45) is 14.3. The minimum atomic E-state index is -0.764. The Balaban J connectivity index is 0.000000188. The van der Waals surface area contributed by atoms with Gasteiger partial charge in [-0.1, -0.05) is 68.3 Å². The highest BCUT2D eigenvalue weighted by Gasteiger charge is 2.37. The lowest BCUT2D eigenvalue weighted by Crippen LogP contribution is -2.59. The molecule has 4 aromatic heterocycles. The third-order valence-electron chi connectivity index (χ3n) is 22.8. The molecule has 25 nitrogen and oxygen atoms in total. The molecule has 6 fully saturated rings. The van der Waals surface area contributed by atoms with Gasteiger partial charge in [0.15, 0.2) is 6.73 Å². The molecule has 6 aliphatic rings. The summed E-state index contributed by atoms with van der Waals surface area (Å²) < 4.78 is 7.01. The maximum Gasteiger partial charge on any atom is 0.408 e. The van der Waals surface area contributed by atoms with E-state index >= 15 is 0 Å². The maximum absolute atomic E-state index is 14.4. The number of rotatable bonds is 18. The number of piperazine rings is 2. The minimum Gasteiger partial charge on any atom is -0.426 e. The molecule has 2 atom stereocenters. The normalized spacial score (nSPS) is 18.9. The van der Waals surface area contributed by atoms with Gasteiger partial charge in [-0.25, -0.2) is 19.1 Å². The zero-order valence-electron chi connectivity index (χ0n) is 61.3. The molecule has 0 aliphatic carbocycles. The molecule has 7 amide bonds. The highest BCUT2D eigenvalue weighted by molar-refractivity contribution is 5.90. The molecule has 0 radical (unpaired) electrons. The van der Waals surface area contributed by atoms with Crippen molar-refractivity contribution >= 4 is 73.6 Å². The van der Waals surface area contributed by atoms with Crippen LogP contribution in [-0.2, 0) is 33.9 Å². The third kappa shape index (κ3) is 17.8. The van der Waals surface area contributed by atoms with Crippen molar-refractivity contribution < 1.29 is 28.7 Å². The molecule has 4 aromatic carbocycles. The monoisotopic (exact) mass is 1420 g/mol. The Morgan fingerprint density at radius 3 is 1.50 bits per heavy atom. The smallest absolute Gasteiger partial charge is 0.408 e. The number of pyridine rings is 2. The van der Waals surface area contributed by atoms with Gasteiger partial charge in [-0.2, -0.15) is 10.2 Å². The highest BCUT2D eigenvalue weighted by Crippen LogP contribution is 2.31. The molecule has 0 saturated carbocycles. The first-order chi connectivity index (χ1) is 50.5. The SMILES string of the molecule is CCCCCNC(=O)OCn1cc2cc(C[C@@H](NC(=O)N3CCC(c4cc5ccccc5[nH]c4=O)CC3)C(=O)N3CCN(C4CCN(C)CC4)CC3)cc(C)c2n1.Cc1cc(C[C@@H](NC(=O)N2CCC(c3cc4ccccc4[nH]c3=O)CC2)C(=O)N2CCN(C3CCN(C)CC3)CC2)cc2cn[nH]c12. The lowest BCUT2D eigenvalue weighted by atomic mass is 9.89. The number of urea groups is 2. The first-order valence-electron chi connectivity index (χ1n) is 38.0. The average molecular weight is 1420 g/mol. The number of alkyl carbamates (subject to hydrolysis) is 1. The number of para-hydroxylation sites is 2. The van der Waals surface area contributed by atoms with Crippen LogP contribution in [0.5, 0.6) is 0 Å². The van der Waals surface area contributed by atoms with E-state index in [1.165, 1.54) is 12.8 Å². The van der Waals surface area contributed by atoms with Crippen LogP contribution >= 0.6 is 0 Å². The Hall–Kier alpha value is -9.17. The zero-order chi connectivity index (χ0) is 72.4. The average Bonchev–Trinajstić information content (AvgIpc) is 1.67. The largest absolute Gasteiger partial charge is 0.426 e. The second-order valence-electron chi connectivity index (χ2n) is 30.0. The molecule has 554 valence electrons. The lowest BCUT2D eigenvalue weighted by molar-refractivity contribution is -0.136. The van der Waals surface area contributed by atoms with Crippen molar-refractivity contribution in [3.05, 3.63) is 151 Å². The fourth-order valence-corrected chi connectivity index (χ4v) is 16.6.